The van der Waals surface area contributed by atoms with Crippen molar-refractivity contribution in [3.63, 3.8) is 0 Å². The van der Waals surface area contributed by atoms with E-state index in [2.05, 4.69) is 10.3 Å². The molecular weight excluding hydrogens is 396 g/mol. The second-order valence-electron chi connectivity index (χ2n) is 6.74. The number of fused-ring (bicyclic) bond motifs is 1. The van der Waals surface area contributed by atoms with Gasteiger partial charge in [-0.3, -0.25) is 19.7 Å². The first-order chi connectivity index (χ1) is 13.8. The first-order valence-electron chi connectivity index (χ1n) is 8.77. The molecular formula is C19H16N4O5S. The molecule has 1 fully saturated rings. The van der Waals surface area contributed by atoms with Crippen molar-refractivity contribution in [2.45, 2.75) is 13.3 Å². The molecule has 0 radical (unpaired) electrons. The highest BCUT2D eigenvalue weighted by molar-refractivity contribution is 7.18. The molecule has 9 nitrogen and oxygen atoms in total. The normalized spacial score (nSPS) is 16.4. The van der Waals surface area contributed by atoms with Gasteiger partial charge in [0.15, 0.2) is 0 Å². The van der Waals surface area contributed by atoms with Crippen molar-refractivity contribution in [2.75, 3.05) is 16.8 Å². The monoisotopic (exact) mass is 412 g/mol. The SMILES string of the molecule is Cc1nc2cc(N3CC(C(=O)Nc4cc([N+](=O)[O-])ccc4O)CC3=O)ccc2s1. The summed E-state index contributed by atoms with van der Waals surface area (Å²) in [5.41, 5.74) is 1.15. The number of rotatable bonds is 4. The summed E-state index contributed by atoms with van der Waals surface area (Å²) >= 11 is 1.57. The molecule has 4 rings (SSSR count). The van der Waals surface area contributed by atoms with Gasteiger partial charge in [-0.2, -0.15) is 0 Å². The summed E-state index contributed by atoms with van der Waals surface area (Å²) in [6.45, 7) is 2.09. The fraction of sp³-hybridized carbons (Fsp3) is 0.211. The van der Waals surface area contributed by atoms with Gasteiger partial charge in [0.1, 0.15) is 5.75 Å². The van der Waals surface area contributed by atoms with Crippen LogP contribution in [0.15, 0.2) is 36.4 Å². The van der Waals surface area contributed by atoms with Crippen molar-refractivity contribution < 1.29 is 19.6 Å². The van der Waals surface area contributed by atoms with E-state index in [4.69, 9.17) is 0 Å². The Morgan fingerprint density at radius 1 is 1.34 bits per heavy atom. The van der Waals surface area contributed by atoms with Gasteiger partial charge in [0.2, 0.25) is 11.8 Å². The Bertz CT molecular complexity index is 1160. The Morgan fingerprint density at radius 2 is 2.14 bits per heavy atom. The van der Waals surface area contributed by atoms with Gasteiger partial charge in [-0.1, -0.05) is 0 Å². The average molecular weight is 412 g/mol. The minimum atomic E-state index is -0.644. The van der Waals surface area contributed by atoms with Crippen molar-refractivity contribution in [1.82, 2.24) is 4.98 Å². The van der Waals surface area contributed by atoms with Crippen LogP contribution in [0.4, 0.5) is 17.1 Å². The highest BCUT2D eigenvalue weighted by Crippen LogP contribution is 2.32. The first-order valence-corrected chi connectivity index (χ1v) is 9.59. The van der Waals surface area contributed by atoms with Crippen LogP contribution in [0.2, 0.25) is 0 Å². The van der Waals surface area contributed by atoms with Crippen molar-refractivity contribution in [1.29, 1.82) is 0 Å². The largest absolute Gasteiger partial charge is 0.506 e. The van der Waals surface area contributed by atoms with Gasteiger partial charge < -0.3 is 15.3 Å². The molecule has 0 saturated carbocycles. The second kappa shape index (κ2) is 7.13. The number of nitrogens with one attached hydrogen (secondary N) is 1. The number of nitro groups is 1. The third kappa shape index (κ3) is 3.61. The Balaban J connectivity index is 1.52. The number of nitro benzene ring substituents is 1. The summed E-state index contributed by atoms with van der Waals surface area (Å²) in [5.74, 6) is -1.61. The maximum atomic E-state index is 12.6. The van der Waals surface area contributed by atoms with Crippen molar-refractivity contribution in [3.8, 4) is 5.75 Å². The van der Waals surface area contributed by atoms with Crippen LogP contribution in [-0.4, -0.2) is 33.4 Å². The summed E-state index contributed by atoms with van der Waals surface area (Å²) < 4.78 is 1.02. The molecule has 1 aliphatic rings. The lowest BCUT2D eigenvalue weighted by Gasteiger charge is -2.17. The number of aromatic nitrogens is 1. The van der Waals surface area contributed by atoms with Crippen molar-refractivity contribution in [3.05, 3.63) is 51.5 Å². The molecule has 148 valence electrons. The lowest BCUT2D eigenvalue weighted by molar-refractivity contribution is -0.384. The molecule has 1 aliphatic heterocycles. The van der Waals surface area contributed by atoms with E-state index in [0.717, 1.165) is 33.4 Å². The first kappa shape index (κ1) is 18.8. The van der Waals surface area contributed by atoms with Gasteiger partial charge in [-0.05, 0) is 31.2 Å². The molecule has 1 atom stereocenters. The summed E-state index contributed by atoms with van der Waals surface area (Å²) in [5, 5.41) is 24.2. The number of hydrogen-bond acceptors (Lipinski definition) is 7. The molecule has 10 heteroatoms. The predicted molar refractivity (Wildman–Crippen MR) is 108 cm³/mol. The summed E-state index contributed by atoms with van der Waals surface area (Å²) in [6, 6.07) is 8.92. The van der Waals surface area contributed by atoms with E-state index in [9.17, 15) is 24.8 Å². The van der Waals surface area contributed by atoms with Crippen LogP contribution in [0.3, 0.4) is 0 Å². The van der Waals surface area contributed by atoms with Gasteiger partial charge in [-0.25, -0.2) is 4.98 Å². The van der Waals surface area contributed by atoms with Gasteiger partial charge in [0, 0.05) is 30.8 Å². The van der Waals surface area contributed by atoms with E-state index >= 15 is 0 Å². The molecule has 3 aromatic rings. The van der Waals surface area contributed by atoms with E-state index in [1.54, 1.807) is 11.3 Å². The number of amides is 2. The number of phenols is 1. The molecule has 2 N–H and O–H groups in total. The number of non-ortho nitro benzene ring substituents is 1. The number of carbonyl (C=O) groups is 2. The molecule has 0 spiro atoms. The maximum absolute atomic E-state index is 12.6. The van der Waals surface area contributed by atoms with E-state index in [1.807, 2.05) is 25.1 Å². The summed E-state index contributed by atoms with van der Waals surface area (Å²) in [6.07, 6.45) is 0.00958. The molecule has 0 bridgehead atoms. The van der Waals surface area contributed by atoms with Crippen LogP contribution >= 0.6 is 11.3 Å². The van der Waals surface area contributed by atoms with E-state index in [-0.39, 0.29) is 36.0 Å². The third-order valence-electron chi connectivity index (χ3n) is 4.73. The number of thiazole rings is 1. The number of carbonyl (C=O) groups excluding carboxylic acids is 2. The number of benzene rings is 2. The fourth-order valence-electron chi connectivity index (χ4n) is 3.30. The van der Waals surface area contributed by atoms with Crippen molar-refractivity contribution in [2.24, 2.45) is 5.92 Å². The summed E-state index contributed by atoms with van der Waals surface area (Å²) in [4.78, 5) is 41.3. The zero-order chi connectivity index (χ0) is 20.7. The highest BCUT2D eigenvalue weighted by Gasteiger charge is 2.35. The van der Waals surface area contributed by atoms with Crippen LogP contribution < -0.4 is 10.2 Å². The number of aryl methyl sites for hydroxylation is 1. The predicted octanol–water partition coefficient (Wildman–Crippen LogP) is 3.21. The number of phenolic OH excluding ortho intramolecular Hbond substituents is 1. The molecule has 0 aliphatic carbocycles. The number of hydrogen-bond donors (Lipinski definition) is 2. The van der Waals surface area contributed by atoms with Gasteiger partial charge in [0.25, 0.3) is 5.69 Å². The smallest absolute Gasteiger partial charge is 0.271 e. The molecule has 29 heavy (non-hydrogen) atoms. The molecule has 2 aromatic carbocycles. The van der Waals surface area contributed by atoms with Crippen LogP contribution in [-0.2, 0) is 9.59 Å². The highest BCUT2D eigenvalue weighted by atomic mass is 32.1. The van der Waals surface area contributed by atoms with Crippen LogP contribution in [0.25, 0.3) is 10.2 Å². The lowest BCUT2D eigenvalue weighted by Crippen LogP contribution is -2.28. The molecule has 1 unspecified atom stereocenters. The van der Waals surface area contributed by atoms with E-state index in [0.29, 0.717) is 5.69 Å². The minimum Gasteiger partial charge on any atom is -0.506 e. The van der Waals surface area contributed by atoms with Crippen molar-refractivity contribution >= 4 is 50.4 Å². The molecule has 1 saturated heterocycles. The second-order valence-corrected chi connectivity index (χ2v) is 7.97. The van der Waals surface area contributed by atoms with E-state index < -0.39 is 16.7 Å². The van der Waals surface area contributed by atoms with Gasteiger partial charge in [0.05, 0.1) is 31.8 Å². The van der Waals surface area contributed by atoms with Gasteiger partial charge in [-0.15, -0.1) is 11.3 Å². The molecule has 2 heterocycles. The van der Waals surface area contributed by atoms with E-state index in [1.165, 1.54) is 4.90 Å². The third-order valence-corrected chi connectivity index (χ3v) is 5.69. The Morgan fingerprint density at radius 3 is 2.90 bits per heavy atom. The summed E-state index contributed by atoms with van der Waals surface area (Å²) in [7, 11) is 0. The Hall–Kier alpha value is -3.53. The Labute approximate surface area is 168 Å². The zero-order valence-electron chi connectivity index (χ0n) is 15.3. The number of anilines is 2. The lowest BCUT2D eigenvalue weighted by atomic mass is 10.1. The van der Waals surface area contributed by atoms with Gasteiger partial charge >= 0.3 is 0 Å². The zero-order valence-corrected chi connectivity index (χ0v) is 16.1. The minimum absolute atomic E-state index is 0.00958. The topological polar surface area (TPSA) is 126 Å². The van der Waals surface area contributed by atoms with Crippen LogP contribution in [0, 0.1) is 23.0 Å². The quantitative estimate of drug-likeness (QED) is 0.385. The average Bonchev–Trinajstić information content (AvgIpc) is 3.24. The van der Waals surface area contributed by atoms with Crippen LogP contribution in [0.1, 0.15) is 11.4 Å². The van der Waals surface area contributed by atoms with Crippen LogP contribution in [0.5, 0.6) is 5.75 Å². The molecule has 2 amide bonds. The number of nitrogens with zero attached hydrogens (tertiary/aromatic N) is 3. The fourth-order valence-corrected chi connectivity index (χ4v) is 4.11. The standard InChI is InChI=1S/C19H16N4O5S/c1-10-20-15-7-12(3-5-17(15)29-10)22-9-11(6-18(22)25)19(26)21-14-8-13(23(27)28)2-4-16(14)24/h2-5,7-8,11,24H,6,9H2,1H3,(H,21,26). The Kier molecular flexibility index (Phi) is 4.63. The number of aromatic hydroxyl groups is 1. The molecule has 1 aromatic heterocycles. The maximum Gasteiger partial charge on any atom is 0.271 e.